The van der Waals surface area contributed by atoms with Crippen molar-refractivity contribution in [1.29, 1.82) is 0 Å². The molecule has 148 valence electrons. The molecule has 0 radical (unpaired) electrons. The van der Waals surface area contributed by atoms with Gasteiger partial charge in [-0.3, -0.25) is 14.5 Å². The third kappa shape index (κ3) is 3.58. The van der Waals surface area contributed by atoms with Gasteiger partial charge in [0.15, 0.2) is 0 Å². The minimum atomic E-state index is -0.416. The number of para-hydroxylation sites is 1. The number of hydrogen-bond donors (Lipinski definition) is 1. The molecule has 1 aliphatic heterocycles. The normalized spacial score (nSPS) is 20.1. The van der Waals surface area contributed by atoms with Gasteiger partial charge in [0.25, 0.3) is 11.7 Å². The molecule has 3 aromatic rings. The molecular weight excluding hydrogens is 362 g/mol. The molecule has 1 aliphatic carbocycles. The van der Waals surface area contributed by atoms with Gasteiger partial charge in [-0.1, -0.05) is 48.5 Å². The smallest absolute Gasteiger partial charge is 0.295 e. The van der Waals surface area contributed by atoms with Crippen LogP contribution in [0.15, 0.2) is 60.8 Å². The number of benzene rings is 2. The Balaban J connectivity index is 1.40. The average molecular weight is 387 g/mol. The maximum atomic E-state index is 13.3. The van der Waals surface area contributed by atoms with Crippen molar-refractivity contribution in [3.8, 4) is 0 Å². The van der Waals surface area contributed by atoms with Gasteiger partial charge in [0.05, 0.1) is 5.56 Å². The fraction of sp³-hybridized carbons (Fsp3) is 0.333. The summed E-state index contributed by atoms with van der Waals surface area (Å²) in [7, 11) is 0. The van der Waals surface area contributed by atoms with Crippen molar-refractivity contribution in [1.82, 2.24) is 14.8 Å². The zero-order valence-electron chi connectivity index (χ0n) is 16.4. The van der Waals surface area contributed by atoms with E-state index in [0.717, 1.165) is 30.4 Å². The minimum Gasteiger partial charge on any atom is -0.360 e. The van der Waals surface area contributed by atoms with E-state index in [0.29, 0.717) is 18.2 Å². The van der Waals surface area contributed by atoms with Gasteiger partial charge >= 0.3 is 0 Å². The van der Waals surface area contributed by atoms with Crippen LogP contribution in [0.5, 0.6) is 0 Å². The number of carbonyl (C=O) groups is 2. The summed E-state index contributed by atoms with van der Waals surface area (Å²) >= 11 is 0. The summed E-state index contributed by atoms with van der Waals surface area (Å²) in [6.07, 6.45) is 4.94. The molecule has 5 heteroatoms. The van der Waals surface area contributed by atoms with Crippen molar-refractivity contribution in [2.75, 3.05) is 19.6 Å². The molecule has 2 aromatic carbocycles. The molecule has 29 heavy (non-hydrogen) atoms. The van der Waals surface area contributed by atoms with E-state index in [-0.39, 0.29) is 11.9 Å². The predicted octanol–water partition coefficient (Wildman–Crippen LogP) is 3.27. The highest BCUT2D eigenvalue weighted by molar-refractivity contribution is 6.44. The van der Waals surface area contributed by atoms with Gasteiger partial charge in [-0.2, -0.15) is 0 Å². The molecule has 1 N–H and O–H groups in total. The summed E-state index contributed by atoms with van der Waals surface area (Å²) in [5, 5.41) is 0.807. The van der Waals surface area contributed by atoms with Crippen LogP contribution < -0.4 is 0 Å². The minimum absolute atomic E-state index is 0.0217. The second-order valence-electron chi connectivity index (χ2n) is 8.15. The Labute approximate surface area is 170 Å². The highest BCUT2D eigenvalue weighted by atomic mass is 16.2. The number of ketones is 1. The van der Waals surface area contributed by atoms with Crippen LogP contribution in [0, 0.1) is 0 Å². The highest BCUT2D eigenvalue weighted by Gasteiger charge is 2.39. The number of H-pyrrole nitrogens is 1. The Kier molecular flexibility index (Phi) is 4.68. The summed E-state index contributed by atoms with van der Waals surface area (Å²) in [5.41, 5.74) is 2.55. The second-order valence-corrected chi connectivity index (χ2v) is 8.15. The van der Waals surface area contributed by atoms with Gasteiger partial charge in [-0.05, 0) is 30.9 Å². The summed E-state index contributed by atoms with van der Waals surface area (Å²) in [4.78, 5) is 33.8. The maximum Gasteiger partial charge on any atom is 0.295 e. The van der Waals surface area contributed by atoms with Crippen molar-refractivity contribution in [2.24, 2.45) is 0 Å². The summed E-state index contributed by atoms with van der Waals surface area (Å²) in [6.45, 7) is 2.30. The molecule has 5 rings (SSSR count). The summed E-state index contributed by atoms with van der Waals surface area (Å²) < 4.78 is 0. The van der Waals surface area contributed by atoms with Crippen molar-refractivity contribution in [2.45, 2.75) is 31.3 Å². The van der Waals surface area contributed by atoms with Gasteiger partial charge in [0.2, 0.25) is 0 Å². The number of Topliss-reactive ketones (excluding diaryl/α,β-unsaturated/α-hetero) is 1. The molecule has 5 nitrogen and oxygen atoms in total. The van der Waals surface area contributed by atoms with Crippen LogP contribution in [0.4, 0.5) is 0 Å². The molecule has 1 atom stereocenters. The quantitative estimate of drug-likeness (QED) is 0.540. The van der Waals surface area contributed by atoms with Crippen LogP contribution in [0.3, 0.4) is 0 Å². The number of rotatable bonds is 5. The lowest BCUT2D eigenvalue weighted by Gasteiger charge is -2.41. The zero-order valence-corrected chi connectivity index (χ0v) is 16.4. The van der Waals surface area contributed by atoms with E-state index >= 15 is 0 Å². The van der Waals surface area contributed by atoms with Crippen molar-refractivity contribution >= 4 is 22.6 Å². The number of nitrogens with one attached hydrogen (secondary N) is 1. The van der Waals surface area contributed by atoms with Crippen LogP contribution in [-0.2, 0) is 11.2 Å². The first-order chi connectivity index (χ1) is 14.2. The SMILES string of the molecule is O=C(C(=O)N1CCN(C2CC2)CC1Cc1ccccc1)c1c[nH]c2ccccc12. The van der Waals surface area contributed by atoms with Crippen molar-refractivity contribution in [3.05, 3.63) is 71.9 Å². The molecule has 0 bridgehead atoms. The largest absolute Gasteiger partial charge is 0.360 e. The molecule has 2 fully saturated rings. The molecule has 2 aliphatic rings. The van der Waals surface area contributed by atoms with Gasteiger partial charge in [0.1, 0.15) is 0 Å². The van der Waals surface area contributed by atoms with E-state index in [1.54, 1.807) is 6.20 Å². The zero-order chi connectivity index (χ0) is 19.8. The monoisotopic (exact) mass is 387 g/mol. The number of fused-ring (bicyclic) bond motifs is 1. The summed E-state index contributed by atoms with van der Waals surface area (Å²) in [6, 6.07) is 18.6. The topological polar surface area (TPSA) is 56.4 Å². The molecule has 1 amide bonds. The molecular formula is C24H25N3O2. The first-order valence-corrected chi connectivity index (χ1v) is 10.4. The number of hydrogen-bond acceptors (Lipinski definition) is 3. The molecule has 1 saturated heterocycles. The van der Waals surface area contributed by atoms with Crippen LogP contribution >= 0.6 is 0 Å². The Morgan fingerprint density at radius 3 is 2.52 bits per heavy atom. The molecule has 0 spiro atoms. The molecule has 1 aromatic heterocycles. The molecule has 1 unspecified atom stereocenters. The van der Waals surface area contributed by atoms with E-state index in [1.165, 1.54) is 18.4 Å². The van der Waals surface area contributed by atoms with Crippen molar-refractivity contribution in [3.63, 3.8) is 0 Å². The van der Waals surface area contributed by atoms with E-state index in [1.807, 2.05) is 47.4 Å². The maximum absolute atomic E-state index is 13.3. The van der Waals surface area contributed by atoms with Gasteiger partial charge < -0.3 is 9.88 Å². The average Bonchev–Trinajstić information content (AvgIpc) is 3.52. The highest BCUT2D eigenvalue weighted by Crippen LogP contribution is 2.30. The fourth-order valence-corrected chi connectivity index (χ4v) is 4.48. The lowest BCUT2D eigenvalue weighted by Crippen LogP contribution is -2.57. The van der Waals surface area contributed by atoms with E-state index in [4.69, 9.17) is 0 Å². The predicted molar refractivity (Wildman–Crippen MR) is 113 cm³/mol. The standard InChI is InChI=1S/C24H25N3O2/c28-23(21-15-25-22-9-5-4-8-20(21)22)24(29)27-13-12-26(18-10-11-18)16-19(27)14-17-6-2-1-3-7-17/h1-9,15,18-19,25H,10-14,16H2. The summed E-state index contributed by atoms with van der Waals surface area (Å²) in [5.74, 6) is -0.800. The lowest BCUT2D eigenvalue weighted by molar-refractivity contribution is -0.131. The third-order valence-electron chi connectivity index (χ3n) is 6.18. The Morgan fingerprint density at radius 1 is 0.966 bits per heavy atom. The van der Waals surface area contributed by atoms with Crippen LogP contribution in [0.2, 0.25) is 0 Å². The first-order valence-electron chi connectivity index (χ1n) is 10.4. The van der Waals surface area contributed by atoms with E-state index in [9.17, 15) is 9.59 Å². The van der Waals surface area contributed by atoms with E-state index < -0.39 is 5.78 Å². The number of piperazine rings is 1. The Hall–Kier alpha value is -2.92. The second kappa shape index (κ2) is 7.48. The number of amides is 1. The van der Waals surface area contributed by atoms with Gasteiger partial charge in [0, 0.05) is 48.8 Å². The first kappa shape index (κ1) is 18.1. The van der Waals surface area contributed by atoms with Crippen LogP contribution in [0.25, 0.3) is 10.9 Å². The van der Waals surface area contributed by atoms with Gasteiger partial charge in [-0.25, -0.2) is 0 Å². The Bertz CT molecular complexity index is 1040. The number of carbonyl (C=O) groups excluding carboxylic acids is 2. The fourth-order valence-electron chi connectivity index (χ4n) is 4.48. The Morgan fingerprint density at radius 2 is 1.72 bits per heavy atom. The van der Waals surface area contributed by atoms with E-state index in [2.05, 4.69) is 22.0 Å². The molecule has 1 saturated carbocycles. The third-order valence-corrected chi connectivity index (χ3v) is 6.18. The number of aromatic nitrogens is 1. The number of nitrogens with zero attached hydrogens (tertiary/aromatic N) is 2. The molecule has 2 heterocycles. The van der Waals surface area contributed by atoms with Crippen LogP contribution in [-0.4, -0.2) is 58.2 Å². The lowest BCUT2D eigenvalue weighted by atomic mass is 10.00. The van der Waals surface area contributed by atoms with Crippen LogP contribution in [0.1, 0.15) is 28.8 Å². The van der Waals surface area contributed by atoms with Gasteiger partial charge in [-0.15, -0.1) is 0 Å². The van der Waals surface area contributed by atoms with Crippen molar-refractivity contribution < 1.29 is 9.59 Å². The number of aromatic amines is 1.